The lowest BCUT2D eigenvalue weighted by molar-refractivity contribution is 0.0831. The summed E-state index contributed by atoms with van der Waals surface area (Å²) in [5, 5.41) is 18.4. The number of nitrogens with zero attached hydrogens (tertiary/aromatic N) is 1. The average molecular weight is 373 g/mol. The highest BCUT2D eigenvalue weighted by Gasteiger charge is 2.21. The van der Waals surface area contributed by atoms with E-state index < -0.39 is 11.8 Å². The lowest BCUT2D eigenvalue weighted by atomic mass is 10.0. The van der Waals surface area contributed by atoms with Crippen LogP contribution in [0.4, 0.5) is 0 Å². The second kappa shape index (κ2) is 7.93. The summed E-state index contributed by atoms with van der Waals surface area (Å²) in [6.07, 6.45) is 2.98. The van der Waals surface area contributed by atoms with Crippen molar-refractivity contribution in [3.63, 3.8) is 0 Å². The van der Waals surface area contributed by atoms with Gasteiger partial charge in [-0.15, -0.1) is 0 Å². The number of hydrogen-bond acceptors (Lipinski definition) is 5. The Morgan fingerprint density at radius 2 is 1.82 bits per heavy atom. The molecule has 0 aliphatic rings. The molecule has 0 unspecified atom stereocenters. The third-order valence-electron chi connectivity index (χ3n) is 3.98. The van der Waals surface area contributed by atoms with Crippen LogP contribution >= 0.6 is 0 Å². The summed E-state index contributed by atoms with van der Waals surface area (Å²) in [5.41, 5.74) is 6.55. The Morgan fingerprint density at radius 1 is 1.11 bits per heavy atom. The van der Waals surface area contributed by atoms with Gasteiger partial charge in [-0.1, -0.05) is 43.0 Å². The predicted molar refractivity (Wildman–Crippen MR) is 102 cm³/mol. The SMILES string of the molecule is C=Cc1coc(C(=O)NNC(=O)c2ccc(O)c(C#N)c2)c1-c1ccccc1. The molecule has 2 amide bonds. The van der Waals surface area contributed by atoms with Gasteiger partial charge in [-0.05, 0) is 23.8 Å². The van der Waals surface area contributed by atoms with Crippen molar-refractivity contribution in [2.45, 2.75) is 0 Å². The van der Waals surface area contributed by atoms with Gasteiger partial charge >= 0.3 is 5.91 Å². The maximum atomic E-state index is 12.5. The lowest BCUT2D eigenvalue weighted by Crippen LogP contribution is -2.41. The molecule has 138 valence electrons. The van der Waals surface area contributed by atoms with Crippen molar-refractivity contribution < 1.29 is 19.1 Å². The Bertz CT molecular complexity index is 1090. The molecule has 7 heteroatoms. The molecule has 0 saturated heterocycles. The number of carbonyl (C=O) groups excluding carboxylic acids is 2. The van der Waals surface area contributed by atoms with E-state index in [1.165, 1.54) is 24.5 Å². The normalized spacial score (nSPS) is 9.96. The monoisotopic (exact) mass is 373 g/mol. The van der Waals surface area contributed by atoms with E-state index in [1.54, 1.807) is 12.1 Å². The summed E-state index contributed by atoms with van der Waals surface area (Å²) in [7, 11) is 0. The summed E-state index contributed by atoms with van der Waals surface area (Å²) in [5.74, 6) is -1.52. The zero-order chi connectivity index (χ0) is 20.1. The van der Waals surface area contributed by atoms with E-state index in [-0.39, 0.29) is 22.6 Å². The fourth-order valence-electron chi connectivity index (χ4n) is 2.60. The molecule has 0 saturated carbocycles. The van der Waals surface area contributed by atoms with Gasteiger partial charge < -0.3 is 9.52 Å². The number of phenolic OH excluding ortho intramolecular Hbond substituents is 1. The zero-order valence-electron chi connectivity index (χ0n) is 14.6. The fraction of sp³-hybridized carbons (Fsp3) is 0. The molecule has 0 bridgehead atoms. The van der Waals surface area contributed by atoms with Crippen LogP contribution in [-0.4, -0.2) is 16.9 Å². The van der Waals surface area contributed by atoms with Crippen molar-refractivity contribution >= 4 is 17.9 Å². The second-order valence-corrected chi connectivity index (χ2v) is 5.72. The molecule has 3 aromatic rings. The third-order valence-corrected chi connectivity index (χ3v) is 3.98. The number of nitrogens with one attached hydrogen (secondary N) is 2. The molecule has 0 atom stereocenters. The number of hydrazine groups is 1. The van der Waals surface area contributed by atoms with Gasteiger partial charge in [0.25, 0.3) is 5.91 Å². The number of nitriles is 1. The lowest BCUT2D eigenvalue weighted by Gasteiger charge is -2.08. The molecule has 28 heavy (non-hydrogen) atoms. The van der Waals surface area contributed by atoms with Crippen LogP contribution in [-0.2, 0) is 0 Å². The van der Waals surface area contributed by atoms with Crippen molar-refractivity contribution in [2.24, 2.45) is 0 Å². The van der Waals surface area contributed by atoms with Crippen LogP contribution < -0.4 is 10.9 Å². The van der Waals surface area contributed by atoms with E-state index in [0.717, 1.165) is 5.56 Å². The minimum Gasteiger partial charge on any atom is -0.507 e. The molecular formula is C21H15N3O4. The van der Waals surface area contributed by atoms with E-state index >= 15 is 0 Å². The Hall–Kier alpha value is -4.31. The number of aromatic hydroxyl groups is 1. The summed E-state index contributed by atoms with van der Waals surface area (Å²) >= 11 is 0. The Balaban J connectivity index is 1.79. The highest BCUT2D eigenvalue weighted by molar-refractivity contribution is 6.02. The minimum atomic E-state index is -0.653. The Kier molecular flexibility index (Phi) is 5.23. The van der Waals surface area contributed by atoms with Crippen LogP contribution in [0.25, 0.3) is 17.2 Å². The quantitative estimate of drug-likeness (QED) is 0.607. The van der Waals surface area contributed by atoms with Crippen molar-refractivity contribution in [3.8, 4) is 22.9 Å². The molecular weight excluding hydrogens is 358 g/mol. The van der Waals surface area contributed by atoms with Crippen molar-refractivity contribution in [3.05, 3.63) is 83.8 Å². The van der Waals surface area contributed by atoms with Gasteiger partial charge in [-0.2, -0.15) is 5.26 Å². The second-order valence-electron chi connectivity index (χ2n) is 5.72. The molecule has 0 aliphatic heterocycles. The van der Waals surface area contributed by atoms with Crippen LogP contribution in [0.2, 0.25) is 0 Å². The molecule has 1 aromatic heterocycles. The van der Waals surface area contributed by atoms with Crippen LogP contribution in [0.15, 0.2) is 65.8 Å². The van der Waals surface area contributed by atoms with Gasteiger partial charge in [0, 0.05) is 16.7 Å². The van der Waals surface area contributed by atoms with E-state index in [0.29, 0.717) is 11.1 Å². The predicted octanol–water partition coefficient (Wildman–Crippen LogP) is 3.24. The maximum absolute atomic E-state index is 12.5. The summed E-state index contributed by atoms with van der Waals surface area (Å²) in [6.45, 7) is 3.72. The van der Waals surface area contributed by atoms with Crippen molar-refractivity contribution in [1.29, 1.82) is 5.26 Å². The molecule has 0 radical (unpaired) electrons. The number of amides is 2. The van der Waals surface area contributed by atoms with Crippen LogP contribution in [0.5, 0.6) is 5.75 Å². The highest BCUT2D eigenvalue weighted by Crippen LogP contribution is 2.30. The van der Waals surface area contributed by atoms with Crippen LogP contribution in [0, 0.1) is 11.3 Å². The van der Waals surface area contributed by atoms with E-state index in [9.17, 15) is 14.7 Å². The highest BCUT2D eigenvalue weighted by atomic mass is 16.3. The molecule has 7 nitrogen and oxygen atoms in total. The van der Waals surface area contributed by atoms with Crippen LogP contribution in [0.3, 0.4) is 0 Å². The molecule has 0 spiro atoms. The van der Waals surface area contributed by atoms with Gasteiger partial charge in [0.15, 0.2) is 0 Å². The van der Waals surface area contributed by atoms with Gasteiger partial charge in [0.2, 0.25) is 5.76 Å². The molecule has 0 aliphatic carbocycles. The average Bonchev–Trinajstić information content (AvgIpc) is 3.17. The summed E-state index contributed by atoms with van der Waals surface area (Å²) < 4.78 is 5.38. The molecule has 1 heterocycles. The smallest absolute Gasteiger partial charge is 0.306 e. The number of rotatable bonds is 4. The summed E-state index contributed by atoms with van der Waals surface area (Å²) in [6, 6.07) is 14.7. The number of benzene rings is 2. The first-order chi connectivity index (χ1) is 13.5. The maximum Gasteiger partial charge on any atom is 0.306 e. The molecule has 2 aromatic carbocycles. The van der Waals surface area contributed by atoms with E-state index in [4.69, 9.17) is 9.68 Å². The zero-order valence-corrected chi connectivity index (χ0v) is 14.6. The van der Waals surface area contributed by atoms with Crippen molar-refractivity contribution in [2.75, 3.05) is 0 Å². The topological polar surface area (TPSA) is 115 Å². The van der Waals surface area contributed by atoms with Gasteiger partial charge in [0.1, 0.15) is 11.8 Å². The minimum absolute atomic E-state index is 0.0184. The first-order valence-electron chi connectivity index (χ1n) is 8.18. The van der Waals surface area contributed by atoms with E-state index in [2.05, 4.69) is 17.4 Å². The largest absolute Gasteiger partial charge is 0.507 e. The third kappa shape index (κ3) is 3.61. The molecule has 3 rings (SSSR count). The molecule has 0 fully saturated rings. The van der Waals surface area contributed by atoms with Crippen molar-refractivity contribution in [1.82, 2.24) is 10.9 Å². The first kappa shape index (κ1) is 18.5. The number of phenols is 1. The van der Waals surface area contributed by atoms with Gasteiger partial charge in [0.05, 0.1) is 11.8 Å². The van der Waals surface area contributed by atoms with Gasteiger partial charge in [-0.3, -0.25) is 20.4 Å². The number of furan rings is 1. The number of carbonyl (C=O) groups is 2. The standard InChI is InChI=1S/C21H15N3O4/c1-2-13-12-28-19(18(13)14-6-4-3-5-7-14)21(27)24-23-20(26)15-8-9-17(25)16(10-15)11-22/h2-10,12,25H,1H2,(H,23,26)(H,24,27). The number of hydrogen-bond donors (Lipinski definition) is 3. The first-order valence-corrected chi connectivity index (χ1v) is 8.18. The fourth-order valence-corrected chi connectivity index (χ4v) is 2.60. The Labute approximate surface area is 160 Å². The van der Waals surface area contributed by atoms with Crippen LogP contribution in [0.1, 0.15) is 32.0 Å². The Morgan fingerprint density at radius 3 is 2.50 bits per heavy atom. The van der Waals surface area contributed by atoms with E-state index in [1.807, 2.05) is 30.3 Å². The van der Waals surface area contributed by atoms with Gasteiger partial charge in [-0.25, -0.2) is 0 Å². The molecule has 3 N–H and O–H groups in total. The summed E-state index contributed by atoms with van der Waals surface area (Å²) in [4.78, 5) is 24.7.